The highest BCUT2D eigenvalue weighted by Gasteiger charge is 2.31. The van der Waals surface area contributed by atoms with Gasteiger partial charge in [0.1, 0.15) is 0 Å². The Kier molecular flexibility index (Phi) is 8.10. The van der Waals surface area contributed by atoms with E-state index in [0.29, 0.717) is 24.0 Å². The second-order valence-electron chi connectivity index (χ2n) is 8.35. The minimum absolute atomic E-state index is 0.219. The fraction of sp³-hybridized carbons (Fsp3) is 0.478. The van der Waals surface area contributed by atoms with Crippen LogP contribution in [0.15, 0.2) is 30.5 Å². The number of alkyl halides is 1. The summed E-state index contributed by atoms with van der Waals surface area (Å²) in [7, 11) is 1.41. The van der Waals surface area contributed by atoms with Gasteiger partial charge in [-0.05, 0) is 75.8 Å². The zero-order chi connectivity index (χ0) is 22.5. The van der Waals surface area contributed by atoms with Crippen LogP contribution in [0.25, 0.3) is 0 Å². The molecule has 0 aliphatic heterocycles. The average molecular weight is 433 g/mol. The van der Waals surface area contributed by atoms with Gasteiger partial charge in [0.2, 0.25) is 0 Å². The van der Waals surface area contributed by atoms with Gasteiger partial charge in [-0.2, -0.15) is 0 Å². The lowest BCUT2D eigenvalue weighted by molar-refractivity contribution is -0.150. The predicted molar refractivity (Wildman–Crippen MR) is 123 cm³/mol. The number of hydrogen-bond acceptors (Lipinski definition) is 6. The molecule has 4 N–H and O–H groups in total. The number of pyridine rings is 1. The van der Waals surface area contributed by atoms with E-state index in [-0.39, 0.29) is 5.97 Å². The number of esters is 1. The van der Waals surface area contributed by atoms with Crippen molar-refractivity contribution in [3.8, 4) is 0 Å². The Labute approximate surface area is 184 Å². The Morgan fingerprint density at radius 2 is 1.93 bits per heavy atom. The van der Waals surface area contributed by atoms with Crippen LogP contribution >= 0.6 is 11.6 Å². The van der Waals surface area contributed by atoms with Crippen LogP contribution in [0.1, 0.15) is 49.1 Å². The van der Waals surface area contributed by atoms with Crippen LogP contribution in [0.3, 0.4) is 0 Å². The highest BCUT2D eigenvalue weighted by molar-refractivity contribution is 6.17. The summed E-state index contributed by atoms with van der Waals surface area (Å²) in [6.07, 6.45) is 4.59. The van der Waals surface area contributed by atoms with Gasteiger partial charge in [-0.15, -0.1) is 11.6 Å². The van der Waals surface area contributed by atoms with E-state index in [9.17, 15) is 4.79 Å². The van der Waals surface area contributed by atoms with Gasteiger partial charge in [0.15, 0.2) is 0 Å². The molecule has 0 saturated heterocycles. The first-order valence-corrected chi connectivity index (χ1v) is 10.6. The lowest BCUT2D eigenvalue weighted by Crippen LogP contribution is -2.34. The van der Waals surface area contributed by atoms with Crippen molar-refractivity contribution in [3.05, 3.63) is 52.8 Å². The lowest BCUT2D eigenvalue weighted by atomic mass is 9.84. The van der Waals surface area contributed by atoms with Crippen LogP contribution in [0.2, 0.25) is 0 Å². The number of nitrogens with two attached hydrogens (primary N) is 2. The van der Waals surface area contributed by atoms with Gasteiger partial charge in [0.25, 0.3) is 0 Å². The summed E-state index contributed by atoms with van der Waals surface area (Å²) in [6, 6.07) is 8.24. The van der Waals surface area contributed by atoms with Crippen molar-refractivity contribution in [1.82, 2.24) is 4.98 Å². The molecule has 1 aromatic carbocycles. The summed E-state index contributed by atoms with van der Waals surface area (Å²) in [5.41, 5.74) is 11.4. The molecule has 0 spiro atoms. The van der Waals surface area contributed by atoms with Crippen molar-refractivity contribution in [1.29, 1.82) is 0 Å². The third-order valence-corrected chi connectivity index (χ3v) is 5.74. The molecule has 0 unspecified atom stereocenters. The minimum Gasteiger partial charge on any atom is -0.469 e. The van der Waals surface area contributed by atoms with E-state index in [4.69, 9.17) is 27.9 Å². The largest absolute Gasteiger partial charge is 0.469 e. The van der Waals surface area contributed by atoms with Gasteiger partial charge in [0, 0.05) is 23.8 Å². The molecule has 1 aliphatic rings. The molecule has 1 aromatic heterocycles. The first-order chi connectivity index (χ1) is 14.1. The molecule has 0 bridgehead atoms. The SMILES string of the molecule is COC(=O)C(C)(C)Cc1ccc(N(N)C2CC2)c(N)c1C.Cc1ncccc1CCl. The summed E-state index contributed by atoms with van der Waals surface area (Å²) in [4.78, 5) is 15.9. The maximum Gasteiger partial charge on any atom is 0.311 e. The number of methoxy groups -OCH3 is 1. The van der Waals surface area contributed by atoms with E-state index in [1.807, 2.05) is 52.0 Å². The second kappa shape index (κ2) is 10.1. The molecular formula is C23H33ClN4O2. The Morgan fingerprint density at radius 3 is 2.43 bits per heavy atom. The maximum atomic E-state index is 11.8. The smallest absolute Gasteiger partial charge is 0.311 e. The number of aromatic nitrogens is 1. The summed E-state index contributed by atoms with van der Waals surface area (Å²) in [5, 5.41) is 1.76. The molecule has 164 valence electrons. The zero-order valence-corrected chi connectivity index (χ0v) is 19.3. The minimum atomic E-state index is -0.577. The van der Waals surface area contributed by atoms with E-state index in [1.165, 1.54) is 7.11 Å². The van der Waals surface area contributed by atoms with E-state index in [1.54, 1.807) is 11.2 Å². The number of hydrogen-bond donors (Lipinski definition) is 2. The summed E-state index contributed by atoms with van der Waals surface area (Å²) in [5.74, 6) is 6.43. The quantitative estimate of drug-likeness (QED) is 0.232. The van der Waals surface area contributed by atoms with Gasteiger partial charge >= 0.3 is 5.97 Å². The van der Waals surface area contributed by atoms with Crippen molar-refractivity contribution in [3.63, 3.8) is 0 Å². The van der Waals surface area contributed by atoms with Gasteiger partial charge in [-0.1, -0.05) is 12.1 Å². The van der Waals surface area contributed by atoms with Crippen LogP contribution < -0.4 is 16.6 Å². The summed E-state index contributed by atoms with van der Waals surface area (Å²) >= 11 is 5.59. The molecule has 6 nitrogen and oxygen atoms in total. The van der Waals surface area contributed by atoms with Crippen molar-refractivity contribution in [2.24, 2.45) is 11.3 Å². The number of aryl methyl sites for hydroxylation is 1. The van der Waals surface area contributed by atoms with Gasteiger partial charge in [-0.25, -0.2) is 5.84 Å². The average Bonchev–Trinajstić information content (AvgIpc) is 3.56. The standard InChI is InChI=1S/C16H25N3O2.C7H8ClN/c1-10-11(9-16(2,3)15(20)21-4)5-8-13(14(10)17)19(18)12-6-7-12;1-6-7(5-8)3-2-4-9-6/h5,8,12H,6-7,9,17-18H2,1-4H3;2-4H,5H2,1H3. The van der Waals surface area contributed by atoms with Crippen molar-refractivity contribution >= 4 is 28.9 Å². The Morgan fingerprint density at radius 1 is 1.27 bits per heavy atom. The number of hydrazine groups is 1. The molecular weight excluding hydrogens is 400 g/mol. The molecule has 1 heterocycles. The van der Waals surface area contributed by atoms with Gasteiger partial charge in [-0.3, -0.25) is 9.78 Å². The van der Waals surface area contributed by atoms with Crippen molar-refractivity contribution in [2.75, 3.05) is 17.9 Å². The number of nitrogen functional groups attached to an aromatic ring is 1. The molecule has 7 heteroatoms. The highest BCUT2D eigenvalue weighted by atomic mass is 35.5. The van der Waals surface area contributed by atoms with Crippen LogP contribution in [0.4, 0.5) is 11.4 Å². The van der Waals surface area contributed by atoms with Gasteiger partial charge in [0.05, 0.1) is 23.9 Å². The normalized spacial score (nSPS) is 13.3. The first kappa shape index (κ1) is 24.0. The molecule has 0 atom stereocenters. The third kappa shape index (κ3) is 5.86. The van der Waals surface area contributed by atoms with E-state index in [0.717, 1.165) is 40.9 Å². The van der Waals surface area contributed by atoms with Crippen LogP contribution in [0, 0.1) is 19.3 Å². The number of rotatable bonds is 6. The van der Waals surface area contributed by atoms with Crippen molar-refractivity contribution in [2.45, 2.75) is 58.9 Å². The number of anilines is 2. The molecule has 0 radical (unpaired) electrons. The van der Waals surface area contributed by atoms with Crippen LogP contribution in [-0.4, -0.2) is 24.1 Å². The fourth-order valence-electron chi connectivity index (χ4n) is 3.21. The topological polar surface area (TPSA) is 94.5 Å². The summed E-state index contributed by atoms with van der Waals surface area (Å²) in [6.45, 7) is 7.68. The summed E-state index contributed by atoms with van der Waals surface area (Å²) < 4.78 is 4.86. The molecule has 1 aliphatic carbocycles. The monoisotopic (exact) mass is 432 g/mol. The Bertz CT molecular complexity index is 882. The van der Waals surface area contributed by atoms with Gasteiger partial charge < -0.3 is 15.5 Å². The number of nitrogens with zero attached hydrogens (tertiary/aromatic N) is 2. The zero-order valence-electron chi connectivity index (χ0n) is 18.5. The number of halogens is 1. The van der Waals surface area contributed by atoms with Crippen LogP contribution in [0.5, 0.6) is 0 Å². The Hall–Kier alpha value is -2.31. The van der Waals surface area contributed by atoms with Crippen LogP contribution in [-0.2, 0) is 21.8 Å². The lowest BCUT2D eigenvalue weighted by Gasteiger charge is -2.25. The molecule has 0 amide bonds. The number of carbonyl (C=O) groups excluding carboxylic acids is 1. The molecule has 3 rings (SSSR count). The fourth-order valence-corrected chi connectivity index (χ4v) is 3.49. The highest BCUT2D eigenvalue weighted by Crippen LogP contribution is 2.36. The number of benzene rings is 1. The molecule has 1 fully saturated rings. The first-order valence-electron chi connectivity index (χ1n) is 10.1. The second-order valence-corrected chi connectivity index (χ2v) is 8.62. The Balaban J connectivity index is 0.000000297. The predicted octanol–water partition coefficient (Wildman–Crippen LogP) is 4.29. The number of carbonyl (C=O) groups is 1. The number of ether oxygens (including phenoxy) is 1. The molecule has 1 saturated carbocycles. The molecule has 30 heavy (non-hydrogen) atoms. The maximum absolute atomic E-state index is 11.8. The molecule has 2 aromatic rings. The van der Waals surface area contributed by atoms with Crippen molar-refractivity contribution < 1.29 is 9.53 Å². The van der Waals surface area contributed by atoms with E-state index in [2.05, 4.69) is 4.98 Å². The van der Waals surface area contributed by atoms with E-state index < -0.39 is 5.41 Å². The van der Waals surface area contributed by atoms with E-state index >= 15 is 0 Å². The third-order valence-electron chi connectivity index (χ3n) is 5.45.